The molecule has 0 unspecified atom stereocenters. The van der Waals surface area contributed by atoms with Crippen molar-refractivity contribution in [3.05, 3.63) is 65.1 Å². The van der Waals surface area contributed by atoms with Gasteiger partial charge in [0, 0.05) is 6.20 Å². The Balaban J connectivity index is 0.00000300. The van der Waals surface area contributed by atoms with Crippen molar-refractivity contribution in [1.82, 2.24) is 19.9 Å². The van der Waals surface area contributed by atoms with Crippen LogP contribution in [0.3, 0.4) is 0 Å². The van der Waals surface area contributed by atoms with Crippen LogP contribution in [0.5, 0.6) is 0 Å². The van der Waals surface area contributed by atoms with Gasteiger partial charge in [-0.3, -0.25) is 9.20 Å². The standard InChI is InChI=1S/C20H24ClN5O2.CH4/c1-13(28-12-14-7-5-4-6-8-14)17(23-19(27)20(2,3)22)18-25-24-16-10-9-15(21)11-26(16)18;/h4-11,13,17H,12,22H2,1-3H3,(H,23,27);1H4/t13-,17-;/m1./s1. The molecule has 3 N–H and O–H groups in total. The molecule has 0 aliphatic carbocycles. The number of carbonyl (C=O) groups is 1. The van der Waals surface area contributed by atoms with Crippen molar-refractivity contribution in [3.63, 3.8) is 0 Å². The minimum Gasteiger partial charge on any atom is -0.371 e. The van der Waals surface area contributed by atoms with Gasteiger partial charge in [-0.1, -0.05) is 49.4 Å². The van der Waals surface area contributed by atoms with Crippen LogP contribution in [0.2, 0.25) is 5.02 Å². The monoisotopic (exact) mass is 417 g/mol. The van der Waals surface area contributed by atoms with E-state index in [9.17, 15) is 4.79 Å². The fourth-order valence-corrected chi connectivity index (χ4v) is 2.87. The Kier molecular flexibility index (Phi) is 7.35. The Bertz CT molecular complexity index is 953. The van der Waals surface area contributed by atoms with E-state index in [0.29, 0.717) is 23.1 Å². The number of amides is 1. The lowest BCUT2D eigenvalue weighted by atomic mass is 10.0. The molecule has 7 nitrogen and oxygen atoms in total. The van der Waals surface area contributed by atoms with Crippen LogP contribution >= 0.6 is 11.6 Å². The number of halogens is 1. The van der Waals surface area contributed by atoms with Crippen molar-refractivity contribution in [3.8, 4) is 0 Å². The van der Waals surface area contributed by atoms with Gasteiger partial charge in [0.05, 0.1) is 23.3 Å². The van der Waals surface area contributed by atoms with Gasteiger partial charge in [0.25, 0.3) is 0 Å². The zero-order valence-corrected chi connectivity index (χ0v) is 16.8. The predicted octanol–water partition coefficient (Wildman–Crippen LogP) is 3.52. The first-order chi connectivity index (χ1) is 13.3. The van der Waals surface area contributed by atoms with E-state index in [2.05, 4.69) is 15.5 Å². The average molecular weight is 418 g/mol. The zero-order valence-electron chi connectivity index (χ0n) is 16.1. The molecular weight excluding hydrogens is 390 g/mol. The molecule has 156 valence electrons. The molecule has 0 aliphatic heterocycles. The molecule has 0 aliphatic rings. The smallest absolute Gasteiger partial charge is 0.240 e. The van der Waals surface area contributed by atoms with Gasteiger partial charge in [-0.25, -0.2) is 0 Å². The minimum atomic E-state index is -1.05. The molecular formula is C21H28ClN5O2. The summed E-state index contributed by atoms with van der Waals surface area (Å²) in [6, 6.07) is 12.8. The summed E-state index contributed by atoms with van der Waals surface area (Å²) in [5.41, 5.74) is 6.58. The van der Waals surface area contributed by atoms with Crippen molar-refractivity contribution < 1.29 is 9.53 Å². The molecule has 3 aromatic rings. The van der Waals surface area contributed by atoms with E-state index in [1.54, 1.807) is 36.6 Å². The number of rotatable bonds is 7. The van der Waals surface area contributed by atoms with E-state index in [1.165, 1.54) is 0 Å². The molecule has 8 heteroatoms. The van der Waals surface area contributed by atoms with Gasteiger partial charge < -0.3 is 15.8 Å². The number of aromatic nitrogens is 3. The van der Waals surface area contributed by atoms with E-state index in [-0.39, 0.29) is 13.3 Å². The van der Waals surface area contributed by atoms with Crippen molar-refractivity contribution in [2.45, 2.75) is 52.5 Å². The number of carbonyl (C=O) groups excluding carboxylic acids is 1. The number of nitrogens with one attached hydrogen (secondary N) is 1. The number of hydrogen-bond donors (Lipinski definition) is 2. The van der Waals surface area contributed by atoms with E-state index in [0.717, 1.165) is 5.56 Å². The lowest BCUT2D eigenvalue weighted by Gasteiger charge is -2.27. The van der Waals surface area contributed by atoms with E-state index in [1.807, 2.05) is 37.3 Å². The van der Waals surface area contributed by atoms with E-state index >= 15 is 0 Å². The molecule has 0 fully saturated rings. The first kappa shape index (κ1) is 22.8. The van der Waals surface area contributed by atoms with Crippen LogP contribution in [-0.4, -0.2) is 32.1 Å². The van der Waals surface area contributed by atoms with Crippen LogP contribution in [0.15, 0.2) is 48.7 Å². The summed E-state index contributed by atoms with van der Waals surface area (Å²) < 4.78 is 7.79. The number of ether oxygens (including phenoxy) is 1. The highest BCUT2D eigenvalue weighted by Gasteiger charge is 2.31. The third-order valence-electron chi connectivity index (χ3n) is 4.37. The summed E-state index contributed by atoms with van der Waals surface area (Å²) in [5, 5.41) is 11.9. The van der Waals surface area contributed by atoms with E-state index in [4.69, 9.17) is 22.1 Å². The topological polar surface area (TPSA) is 94.5 Å². The number of nitrogens with two attached hydrogens (primary N) is 1. The van der Waals surface area contributed by atoms with Crippen molar-refractivity contribution in [1.29, 1.82) is 0 Å². The molecule has 2 atom stereocenters. The number of pyridine rings is 1. The Hall–Kier alpha value is -2.48. The van der Waals surface area contributed by atoms with Crippen molar-refractivity contribution >= 4 is 23.2 Å². The lowest BCUT2D eigenvalue weighted by Crippen LogP contribution is -2.52. The van der Waals surface area contributed by atoms with Gasteiger partial charge in [0.1, 0.15) is 6.04 Å². The SMILES string of the molecule is C.C[C@@H](OCc1ccccc1)[C@@H](NC(=O)C(C)(C)N)c1nnc2ccc(Cl)cn12. The van der Waals surface area contributed by atoms with Gasteiger partial charge in [-0.2, -0.15) is 0 Å². The van der Waals surface area contributed by atoms with Gasteiger partial charge in [0.15, 0.2) is 11.5 Å². The summed E-state index contributed by atoms with van der Waals surface area (Å²) >= 11 is 6.14. The second kappa shape index (κ2) is 9.35. The highest BCUT2D eigenvalue weighted by molar-refractivity contribution is 6.30. The number of hydrogen-bond acceptors (Lipinski definition) is 5. The summed E-state index contributed by atoms with van der Waals surface area (Å²) in [5.74, 6) is 0.210. The molecule has 3 rings (SSSR count). The first-order valence-electron chi connectivity index (χ1n) is 9.01. The van der Waals surface area contributed by atoms with Crippen LogP contribution in [-0.2, 0) is 16.1 Å². The van der Waals surface area contributed by atoms with E-state index < -0.39 is 17.7 Å². The van der Waals surface area contributed by atoms with Crippen LogP contribution < -0.4 is 11.1 Å². The fourth-order valence-electron chi connectivity index (χ4n) is 2.71. The molecule has 0 saturated heterocycles. The maximum absolute atomic E-state index is 12.6. The molecule has 0 spiro atoms. The Morgan fingerprint density at radius 1 is 1.24 bits per heavy atom. The van der Waals surface area contributed by atoms with Crippen LogP contribution in [0.1, 0.15) is 45.6 Å². The summed E-state index contributed by atoms with van der Waals surface area (Å²) in [4.78, 5) is 12.6. The quantitative estimate of drug-likeness (QED) is 0.613. The molecule has 1 amide bonds. The molecule has 0 radical (unpaired) electrons. The van der Waals surface area contributed by atoms with Gasteiger partial charge >= 0.3 is 0 Å². The highest BCUT2D eigenvalue weighted by atomic mass is 35.5. The first-order valence-corrected chi connectivity index (χ1v) is 9.39. The Morgan fingerprint density at radius 3 is 2.59 bits per heavy atom. The molecule has 2 heterocycles. The maximum atomic E-state index is 12.6. The maximum Gasteiger partial charge on any atom is 0.240 e. The largest absolute Gasteiger partial charge is 0.371 e. The normalized spacial score (nSPS) is 13.6. The van der Waals surface area contributed by atoms with Gasteiger partial charge in [0.2, 0.25) is 5.91 Å². The lowest BCUT2D eigenvalue weighted by molar-refractivity contribution is -0.127. The molecule has 1 aromatic carbocycles. The summed E-state index contributed by atoms with van der Waals surface area (Å²) in [6.45, 7) is 5.57. The van der Waals surface area contributed by atoms with Gasteiger partial charge in [-0.15, -0.1) is 10.2 Å². The van der Waals surface area contributed by atoms with Crippen molar-refractivity contribution in [2.75, 3.05) is 0 Å². The average Bonchev–Trinajstić information content (AvgIpc) is 3.06. The number of fused-ring (bicyclic) bond motifs is 1. The molecule has 2 aromatic heterocycles. The number of benzene rings is 1. The van der Waals surface area contributed by atoms with Crippen LogP contribution in [0.4, 0.5) is 0 Å². The zero-order chi connectivity index (χ0) is 20.3. The number of nitrogens with zero attached hydrogens (tertiary/aromatic N) is 3. The van der Waals surface area contributed by atoms with Gasteiger partial charge in [-0.05, 0) is 38.5 Å². The Morgan fingerprint density at radius 2 is 1.93 bits per heavy atom. The summed E-state index contributed by atoms with van der Waals surface area (Å²) in [7, 11) is 0. The van der Waals surface area contributed by atoms with Crippen LogP contribution in [0, 0.1) is 0 Å². The second-order valence-electron chi connectivity index (χ2n) is 7.31. The second-order valence-corrected chi connectivity index (χ2v) is 7.74. The Labute approximate surface area is 176 Å². The third kappa shape index (κ3) is 5.53. The molecule has 29 heavy (non-hydrogen) atoms. The summed E-state index contributed by atoms with van der Waals surface area (Å²) in [6.07, 6.45) is 1.32. The van der Waals surface area contributed by atoms with Crippen molar-refractivity contribution in [2.24, 2.45) is 5.73 Å². The highest BCUT2D eigenvalue weighted by Crippen LogP contribution is 2.22. The third-order valence-corrected chi connectivity index (χ3v) is 4.59. The van der Waals surface area contributed by atoms with Crippen LogP contribution in [0.25, 0.3) is 5.65 Å². The molecule has 0 bridgehead atoms. The predicted molar refractivity (Wildman–Crippen MR) is 115 cm³/mol. The minimum absolute atomic E-state index is 0. The fraction of sp³-hybridized carbons (Fsp3) is 0.381. The molecule has 0 saturated carbocycles.